The molecule has 0 aliphatic carbocycles. The predicted octanol–water partition coefficient (Wildman–Crippen LogP) is 7.53. The molecular weight excluding hydrogens is 527 g/mol. The zero-order valence-electron chi connectivity index (χ0n) is 22.7. The summed E-state index contributed by atoms with van der Waals surface area (Å²) in [7, 11) is 0. The highest BCUT2D eigenvalue weighted by atomic mass is 19.4. The average Bonchev–Trinajstić information content (AvgIpc) is 3.44. The van der Waals surface area contributed by atoms with E-state index >= 15 is 0 Å². The van der Waals surface area contributed by atoms with E-state index in [9.17, 15) is 23.2 Å². The third-order valence-electron chi connectivity index (χ3n) is 8.01. The topological polar surface area (TPSA) is 82.7 Å². The van der Waals surface area contributed by atoms with Crippen molar-refractivity contribution < 1.29 is 18.0 Å². The van der Waals surface area contributed by atoms with Gasteiger partial charge in [0.15, 0.2) is 6.04 Å². The van der Waals surface area contributed by atoms with Crippen LogP contribution in [0.4, 0.5) is 19.0 Å². The first kappa shape index (κ1) is 28.0. The Morgan fingerprint density at radius 3 is 2.37 bits per heavy atom. The fourth-order valence-electron chi connectivity index (χ4n) is 5.57. The van der Waals surface area contributed by atoms with Crippen LogP contribution in [0.15, 0.2) is 85.1 Å². The number of hydrogen-bond acceptors (Lipinski definition) is 4. The van der Waals surface area contributed by atoms with Crippen molar-refractivity contribution in [3.05, 3.63) is 107 Å². The number of nitrogens with zero attached hydrogens (tertiary/aromatic N) is 3. The first-order chi connectivity index (χ1) is 19.7. The van der Waals surface area contributed by atoms with Crippen molar-refractivity contribution in [3.8, 4) is 17.2 Å². The second kappa shape index (κ2) is 11.1. The van der Waals surface area contributed by atoms with Gasteiger partial charge in [0.05, 0.1) is 29.4 Å². The quantitative estimate of drug-likeness (QED) is 0.246. The highest BCUT2D eigenvalue weighted by Gasteiger charge is 2.47. The van der Waals surface area contributed by atoms with E-state index in [4.69, 9.17) is 0 Å². The molecule has 0 fully saturated rings. The molecule has 1 amide bonds. The number of amides is 1. The first-order valence-corrected chi connectivity index (χ1v) is 13.6. The van der Waals surface area contributed by atoms with Gasteiger partial charge in [-0.05, 0) is 47.2 Å². The largest absolute Gasteiger partial charge is 0.410 e. The number of alkyl halides is 3. The third-order valence-corrected chi connectivity index (χ3v) is 8.01. The standard InChI is InChI=1S/C32H30F3N5O/c1-3-31(4-2,25-15-13-22(14-16-25)24-12-8-9-21(17-24)19-36)39-30(41)26-20-37-40-28(32(33,34)35)18-27(38-29(26)40)23-10-6-5-7-11-23/h5-17,20,27-28,38H,3-4,18H2,1-2H3,(H,39,41). The fraction of sp³-hybridized carbons (Fsp3) is 0.281. The molecule has 5 rings (SSSR count). The summed E-state index contributed by atoms with van der Waals surface area (Å²) in [5, 5.41) is 19.5. The lowest BCUT2D eigenvalue weighted by atomic mass is 9.83. The molecule has 0 spiro atoms. The minimum absolute atomic E-state index is 0.0544. The number of halogens is 3. The number of aromatic nitrogens is 2. The molecule has 0 saturated heterocycles. The van der Waals surface area contributed by atoms with Crippen molar-refractivity contribution in [1.82, 2.24) is 15.1 Å². The molecule has 3 aromatic carbocycles. The molecule has 0 radical (unpaired) electrons. The van der Waals surface area contributed by atoms with Crippen molar-refractivity contribution in [1.29, 1.82) is 5.26 Å². The van der Waals surface area contributed by atoms with E-state index in [1.807, 2.05) is 62.4 Å². The number of hydrogen-bond donors (Lipinski definition) is 2. The Hall–Kier alpha value is -4.58. The summed E-state index contributed by atoms with van der Waals surface area (Å²) < 4.78 is 43.2. The van der Waals surface area contributed by atoms with Crippen molar-refractivity contribution in [2.75, 3.05) is 5.32 Å². The predicted molar refractivity (Wildman–Crippen MR) is 151 cm³/mol. The van der Waals surface area contributed by atoms with Crippen LogP contribution in [0, 0.1) is 11.3 Å². The van der Waals surface area contributed by atoms with Gasteiger partial charge in [0.1, 0.15) is 11.4 Å². The Morgan fingerprint density at radius 2 is 1.73 bits per heavy atom. The van der Waals surface area contributed by atoms with Crippen molar-refractivity contribution in [3.63, 3.8) is 0 Å². The van der Waals surface area contributed by atoms with Crippen LogP contribution < -0.4 is 10.6 Å². The summed E-state index contributed by atoms with van der Waals surface area (Å²) in [5.74, 6) is -0.443. The number of rotatable bonds is 7. The van der Waals surface area contributed by atoms with Gasteiger partial charge in [-0.15, -0.1) is 0 Å². The summed E-state index contributed by atoms with van der Waals surface area (Å²) in [6.45, 7) is 3.93. The van der Waals surface area contributed by atoms with Crippen LogP contribution in [0.3, 0.4) is 0 Å². The molecule has 2 atom stereocenters. The molecule has 9 heteroatoms. The molecular formula is C32H30F3N5O. The number of benzene rings is 3. The number of carbonyl (C=O) groups excluding carboxylic acids is 1. The van der Waals surface area contributed by atoms with E-state index in [0.29, 0.717) is 24.0 Å². The van der Waals surface area contributed by atoms with Crippen LogP contribution in [0.25, 0.3) is 11.1 Å². The zero-order chi connectivity index (χ0) is 29.2. The maximum absolute atomic E-state index is 14.1. The molecule has 4 aromatic rings. The number of nitrogens with one attached hydrogen (secondary N) is 2. The molecule has 0 saturated carbocycles. The average molecular weight is 558 g/mol. The summed E-state index contributed by atoms with van der Waals surface area (Å²) in [4.78, 5) is 13.7. The van der Waals surface area contributed by atoms with Gasteiger partial charge in [-0.25, -0.2) is 4.68 Å². The van der Waals surface area contributed by atoms with E-state index in [1.165, 1.54) is 6.20 Å². The van der Waals surface area contributed by atoms with Gasteiger partial charge in [-0.3, -0.25) is 4.79 Å². The Kier molecular flexibility index (Phi) is 7.59. The van der Waals surface area contributed by atoms with Crippen molar-refractivity contribution >= 4 is 11.7 Å². The fourth-order valence-corrected chi connectivity index (χ4v) is 5.57. The van der Waals surface area contributed by atoms with Gasteiger partial charge >= 0.3 is 6.18 Å². The summed E-state index contributed by atoms with van der Waals surface area (Å²) in [5.41, 5.74) is 3.29. The van der Waals surface area contributed by atoms with E-state index < -0.39 is 29.7 Å². The normalized spacial score (nSPS) is 16.8. The van der Waals surface area contributed by atoms with Crippen LogP contribution in [-0.4, -0.2) is 21.9 Å². The highest BCUT2D eigenvalue weighted by molar-refractivity contribution is 5.99. The summed E-state index contributed by atoms with van der Waals surface area (Å²) in [6.07, 6.45) is -2.43. The Labute approximate surface area is 236 Å². The van der Waals surface area contributed by atoms with Gasteiger partial charge in [0, 0.05) is 6.42 Å². The molecule has 1 aromatic heterocycles. The molecule has 41 heavy (non-hydrogen) atoms. The van der Waals surface area contributed by atoms with Crippen LogP contribution in [0.2, 0.25) is 0 Å². The van der Waals surface area contributed by atoms with Gasteiger partial charge in [0.2, 0.25) is 0 Å². The minimum Gasteiger partial charge on any atom is -0.363 e. The Balaban J connectivity index is 1.45. The van der Waals surface area contributed by atoms with Crippen LogP contribution in [0.1, 0.15) is 72.2 Å². The van der Waals surface area contributed by atoms with Crippen molar-refractivity contribution in [2.45, 2.75) is 56.9 Å². The molecule has 1 aliphatic rings. The van der Waals surface area contributed by atoms with E-state index in [1.54, 1.807) is 30.3 Å². The lowest BCUT2D eigenvalue weighted by molar-refractivity contribution is -0.173. The second-order valence-corrected chi connectivity index (χ2v) is 10.3. The molecule has 2 heterocycles. The van der Waals surface area contributed by atoms with Crippen LogP contribution in [-0.2, 0) is 5.54 Å². The lowest BCUT2D eigenvalue weighted by Crippen LogP contribution is -2.45. The number of fused-ring (bicyclic) bond motifs is 1. The molecule has 1 aliphatic heterocycles. The van der Waals surface area contributed by atoms with Gasteiger partial charge in [0.25, 0.3) is 5.91 Å². The number of carbonyl (C=O) groups is 1. The number of nitriles is 1. The van der Waals surface area contributed by atoms with Gasteiger partial charge in [-0.1, -0.05) is 80.6 Å². The van der Waals surface area contributed by atoms with Crippen LogP contribution >= 0.6 is 0 Å². The molecule has 2 N–H and O–H groups in total. The highest BCUT2D eigenvalue weighted by Crippen LogP contribution is 2.44. The van der Waals surface area contributed by atoms with Crippen molar-refractivity contribution in [2.24, 2.45) is 0 Å². The Morgan fingerprint density at radius 1 is 1.02 bits per heavy atom. The van der Waals surface area contributed by atoms with Crippen LogP contribution in [0.5, 0.6) is 0 Å². The molecule has 6 nitrogen and oxygen atoms in total. The third kappa shape index (κ3) is 5.42. The molecule has 0 bridgehead atoms. The number of anilines is 1. The molecule has 210 valence electrons. The maximum Gasteiger partial charge on any atom is 0.410 e. The second-order valence-electron chi connectivity index (χ2n) is 10.3. The monoisotopic (exact) mass is 557 g/mol. The zero-order valence-corrected chi connectivity index (χ0v) is 22.7. The van der Waals surface area contributed by atoms with E-state index in [2.05, 4.69) is 21.8 Å². The van der Waals surface area contributed by atoms with E-state index in [-0.39, 0.29) is 17.8 Å². The maximum atomic E-state index is 14.1. The first-order valence-electron chi connectivity index (χ1n) is 13.6. The van der Waals surface area contributed by atoms with Gasteiger partial charge in [-0.2, -0.15) is 23.5 Å². The Bertz CT molecular complexity index is 1570. The SMILES string of the molecule is CCC(CC)(NC(=O)c1cnn2c1NC(c1ccccc1)CC2C(F)(F)F)c1ccc(-c2cccc(C#N)c2)cc1. The smallest absolute Gasteiger partial charge is 0.363 e. The molecule has 2 unspecified atom stereocenters. The summed E-state index contributed by atoms with van der Waals surface area (Å²) in [6, 6.07) is 23.7. The minimum atomic E-state index is -4.53. The summed E-state index contributed by atoms with van der Waals surface area (Å²) >= 11 is 0. The lowest BCUT2D eigenvalue weighted by Gasteiger charge is -2.35. The van der Waals surface area contributed by atoms with E-state index in [0.717, 1.165) is 21.4 Å². The van der Waals surface area contributed by atoms with Gasteiger partial charge < -0.3 is 10.6 Å².